The van der Waals surface area contributed by atoms with Crippen molar-refractivity contribution in [2.24, 2.45) is 0 Å². The first-order valence-corrected chi connectivity index (χ1v) is 8.45. The van der Waals surface area contributed by atoms with Crippen molar-refractivity contribution >= 4 is 5.91 Å². The van der Waals surface area contributed by atoms with Crippen LogP contribution < -0.4 is 14.8 Å². The van der Waals surface area contributed by atoms with Crippen molar-refractivity contribution in [3.05, 3.63) is 23.8 Å². The fourth-order valence-corrected chi connectivity index (χ4v) is 2.34. The molecule has 25 heavy (non-hydrogen) atoms. The highest BCUT2D eigenvalue weighted by atomic mass is 16.7. The van der Waals surface area contributed by atoms with Gasteiger partial charge in [-0.2, -0.15) is 0 Å². The summed E-state index contributed by atoms with van der Waals surface area (Å²) >= 11 is 0. The van der Waals surface area contributed by atoms with E-state index in [0.29, 0.717) is 37.7 Å². The highest BCUT2D eigenvalue weighted by Crippen LogP contribution is 2.27. The maximum absolute atomic E-state index is 12.0. The van der Waals surface area contributed by atoms with Crippen molar-refractivity contribution in [1.82, 2.24) is 5.32 Å². The normalized spacial score (nSPS) is 12.1. The van der Waals surface area contributed by atoms with Crippen LogP contribution in [0, 0.1) is 0 Å². The van der Waals surface area contributed by atoms with Crippen molar-refractivity contribution in [3.63, 3.8) is 0 Å². The quantitative estimate of drug-likeness (QED) is 0.553. The molecule has 0 heterocycles. The van der Waals surface area contributed by atoms with Crippen LogP contribution in [0.5, 0.6) is 11.5 Å². The first kappa shape index (κ1) is 21.2. The fraction of sp³-hybridized carbons (Fsp3) is 0.611. The number of benzene rings is 1. The van der Waals surface area contributed by atoms with E-state index < -0.39 is 12.0 Å². The van der Waals surface area contributed by atoms with E-state index in [1.54, 1.807) is 25.3 Å². The number of carbonyl (C=O) groups excluding carboxylic acids is 1. The molecule has 0 aliphatic carbocycles. The molecule has 0 spiro atoms. The fourth-order valence-electron chi connectivity index (χ4n) is 2.34. The lowest BCUT2D eigenvalue weighted by Crippen LogP contribution is -2.37. The third-order valence-corrected chi connectivity index (χ3v) is 3.56. The van der Waals surface area contributed by atoms with E-state index in [9.17, 15) is 9.90 Å². The molecule has 2 N–H and O–H groups in total. The number of carbonyl (C=O) groups is 1. The second-order valence-electron chi connectivity index (χ2n) is 5.33. The first-order chi connectivity index (χ1) is 12.0. The van der Waals surface area contributed by atoms with Gasteiger partial charge in [0.05, 0.1) is 14.2 Å². The number of rotatable bonds is 12. The van der Waals surface area contributed by atoms with Crippen molar-refractivity contribution in [3.8, 4) is 11.5 Å². The van der Waals surface area contributed by atoms with Gasteiger partial charge in [-0.15, -0.1) is 0 Å². The van der Waals surface area contributed by atoms with Gasteiger partial charge in [0.25, 0.3) is 0 Å². The smallest absolute Gasteiger partial charge is 0.249 e. The second-order valence-corrected chi connectivity index (χ2v) is 5.33. The van der Waals surface area contributed by atoms with Crippen LogP contribution in [0.4, 0.5) is 0 Å². The van der Waals surface area contributed by atoms with Gasteiger partial charge in [-0.05, 0) is 31.5 Å². The largest absolute Gasteiger partial charge is 0.493 e. The lowest BCUT2D eigenvalue weighted by molar-refractivity contribution is -0.141. The number of aliphatic hydroxyl groups excluding tert-OH is 1. The molecule has 0 saturated heterocycles. The summed E-state index contributed by atoms with van der Waals surface area (Å²) in [6, 6.07) is 5.28. The molecule has 1 aromatic carbocycles. The SMILES string of the molecule is CCOC(CCNC(=O)[C@@H](O)Cc1ccc(OC)c(OC)c1)OCC. The zero-order chi connectivity index (χ0) is 18.7. The molecular formula is C18H29NO6. The summed E-state index contributed by atoms with van der Waals surface area (Å²) in [7, 11) is 3.09. The molecule has 1 atom stereocenters. The number of ether oxygens (including phenoxy) is 4. The average molecular weight is 355 g/mol. The van der Waals surface area contributed by atoms with Crippen LogP contribution in [0.1, 0.15) is 25.8 Å². The van der Waals surface area contributed by atoms with Crippen molar-refractivity contribution < 1.29 is 28.8 Å². The molecule has 0 fully saturated rings. The molecule has 0 aliphatic rings. The maximum Gasteiger partial charge on any atom is 0.249 e. The van der Waals surface area contributed by atoms with Crippen LogP contribution in [-0.2, 0) is 20.7 Å². The van der Waals surface area contributed by atoms with Gasteiger partial charge in [-0.3, -0.25) is 4.79 Å². The molecule has 1 aromatic rings. The maximum atomic E-state index is 12.0. The minimum absolute atomic E-state index is 0.187. The monoisotopic (exact) mass is 355 g/mol. The van der Waals surface area contributed by atoms with Gasteiger partial charge < -0.3 is 29.4 Å². The van der Waals surface area contributed by atoms with Gasteiger partial charge in [-0.1, -0.05) is 6.07 Å². The Balaban J connectivity index is 2.48. The number of hydrogen-bond acceptors (Lipinski definition) is 6. The highest BCUT2D eigenvalue weighted by molar-refractivity contribution is 5.80. The molecule has 0 radical (unpaired) electrons. The van der Waals surface area contributed by atoms with Gasteiger partial charge in [0.15, 0.2) is 17.8 Å². The standard InChI is InChI=1S/C18H29NO6/c1-5-24-17(25-6-2)9-10-19-18(21)14(20)11-13-7-8-15(22-3)16(12-13)23-4/h7-8,12,14,17,20H,5-6,9-11H2,1-4H3,(H,19,21)/t14-/m0/s1. The van der Waals surface area contributed by atoms with Crippen LogP contribution in [0.3, 0.4) is 0 Å². The van der Waals surface area contributed by atoms with Crippen LogP contribution in [-0.4, -0.2) is 57.4 Å². The molecule has 0 unspecified atom stereocenters. The van der Waals surface area contributed by atoms with Crippen molar-refractivity contribution in [2.45, 2.75) is 39.1 Å². The minimum Gasteiger partial charge on any atom is -0.493 e. The van der Waals surface area contributed by atoms with Crippen LogP contribution in [0.2, 0.25) is 0 Å². The number of amides is 1. The molecule has 1 rings (SSSR count). The highest BCUT2D eigenvalue weighted by Gasteiger charge is 2.17. The number of nitrogens with one attached hydrogen (secondary N) is 1. The van der Waals surface area contributed by atoms with Gasteiger partial charge >= 0.3 is 0 Å². The Morgan fingerprint density at radius 2 is 1.76 bits per heavy atom. The summed E-state index contributed by atoms with van der Waals surface area (Å²) in [4.78, 5) is 12.0. The van der Waals surface area contributed by atoms with Gasteiger partial charge in [-0.25, -0.2) is 0 Å². The van der Waals surface area contributed by atoms with E-state index in [0.717, 1.165) is 5.56 Å². The number of aliphatic hydroxyl groups is 1. The van der Waals surface area contributed by atoms with E-state index in [2.05, 4.69) is 5.32 Å². The molecule has 0 aliphatic heterocycles. The van der Waals surface area contributed by atoms with Gasteiger partial charge in [0.2, 0.25) is 5.91 Å². The lowest BCUT2D eigenvalue weighted by atomic mass is 10.1. The molecule has 0 aromatic heterocycles. The molecule has 0 bridgehead atoms. The molecule has 142 valence electrons. The molecule has 0 saturated carbocycles. The molecular weight excluding hydrogens is 326 g/mol. The molecule has 1 amide bonds. The van der Waals surface area contributed by atoms with Gasteiger partial charge in [0, 0.05) is 32.6 Å². The Bertz CT molecular complexity index is 516. The van der Waals surface area contributed by atoms with E-state index in [1.807, 2.05) is 13.8 Å². The van der Waals surface area contributed by atoms with Crippen LogP contribution >= 0.6 is 0 Å². The number of methoxy groups -OCH3 is 2. The van der Waals surface area contributed by atoms with E-state index in [-0.39, 0.29) is 12.7 Å². The molecule has 7 nitrogen and oxygen atoms in total. The summed E-state index contributed by atoms with van der Waals surface area (Å²) < 4.78 is 21.2. The second kappa shape index (κ2) is 11.7. The summed E-state index contributed by atoms with van der Waals surface area (Å²) in [6.45, 7) is 5.22. The summed E-state index contributed by atoms with van der Waals surface area (Å²) in [5.41, 5.74) is 0.779. The zero-order valence-corrected chi connectivity index (χ0v) is 15.4. The topological polar surface area (TPSA) is 86.3 Å². The molecule has 7 heteroatoms. The predicted molar refractivity (Wildman–Crippen MR) is 93.9 cm³/mol. The Morgan fingerprint density at radius 3 is 2.32 bits per heavy atom. The number of hydrogen-bond donors (Lipinski definition) is 2. The Labute approximate surface area is 149 Å². The first-order valence-electron chi connectivity index (χ1n) is 8.45. The van der Waals surface area contributed by atoms with Crippen molar-refractivity contribution in [2.75, 3.05) is 34.0 Å². The zero-order valence-electron chi connectivity index (χ0n) is 15.4. The summed E-state index contributed by atoms with van der Waals surface area (Å²) in [6.07, 6.45) is -0.780. The summed E-state index contributed by atoms with van der Waals surface area (Å²) in [5.74, 6) is 0.730. The van der Waals surface area contributed by atoms with E-state index in [4.69, 9.17) is 18.9 Å². The van der Waals surface area contributed by atoms with Crippen molar-refractivity contribution in [1.29, 1.82) is 0 Å². The summed E-state index contributed by atoms with van der Waals surface area (Å²) in [5, 5.41) is 12.8. The Morgan fingerprint density at radius 1 is 1.12 bits per heavy atom. The predicted octanol–water partition coefficient (Wildman–Crippen LogP) is 1.51. The lowest BCUT2D eigenvalue weighted by Gasteiger charge is -2.18. The third-order valence-electron chi connectivity index (χ3n) is 3.56. The van der Waals surface area contributed by atoms with Gasteiger partial charge in [0.1, 0.15) is 6.10 Å². The third kappa shape index (κ3) is 7.29. The van der Waals surface area contributed by atoms with E-state index >= 15 is 0 Å². The Hall–Kier alpha value is -1.83. The average Bonchev–Trinajstić information content (AvgIpc) is 2.61. The Kier molecular flexibility index (Phi) is 9.91. The van der Waals surface area contributed by atoms with E-state index in [1.165, 1.54) is 7.11 Å². The minimum atomic E-state index is -1.14. The van der Waals surface area contributed by atoms with Crippen LogP contribution in [0.25, 0.3) is 0 Å². The van der Waals surface area contributed by atoms with Crippen LogP contribution in [0.15, 0.2) is 18.2 Å².